The molecule has 3 N–H and O–H groups in total. The lowest BCUT2D eigenvalue weighted by Crippen LogP contribution is -2.36. The minimum Gasteiger partial charge on any atom is -0.454 e. The summed E-state index contributed by atoms with van der Waals surface area (Å²) >= 11 is 1.47. The summed E-state index contributed by atoms with van der Waals surface area (Å²) in [5.41, 5.74) is 8.50. The van der Waals surface area contributed by atoms with E-state index in [0.717, 1.165) is 34.0 Å². The minimum absolute atomic E-state index is 0.240. The normalized spacial score (nSPS) is 12.6. The second-order valence-corrected chi connectivity index (χ2v) is 7.62. The molecule has 0 bridgehead atoms. The Morgan fingerprint density at radius 1 is 1.14 bits per heavy atom. The van der Waals surface area contributed by atoms with Gasteiger partial charge in [-0.15, -0.1) is 0 Å². The number of aromatic amines is 1. The molecule has 1 aliphatic heterocycles. The highest BCUT2D eigenvalue weighted by molar-refractivity contribution is 7.99. The fraction of sp³-hybridized carbons (Fsp3) is 0.150. The number of hydrogen-bond acceptors (Lipinski definition) is 6. The number of halogens is 1. The van der Waals surface area contributed by atoms with Crippen LogP contribution >= 0.6 is 11.8 Å². The summed E-state index contributed by atoms with van der Waals surface area (Å²) in [4.78, 5) is 13.2. The Labute approximate surface area is 169 Å². The molecule has 0 atom stereocenters. The Kier molecular flexibility index (Phi) is 4.44. The van der Waals surface area contributed by atoms with E-state index < -0.39 is 0 Å². The van der Waals surface area contributed by atoms with Crippen LogP contribution in [0.2, 0.25) is 0 Å². The zero-order valence-electron chi connectivity index (χ0n) is 15.3. The lowest BCUT2D eigenvalue weighted by atomic mass is 10.1. The van der Waals surface area contributed by atoms with Crippen molar-refractivity contribution >= 4 is 28.7 Å². The lowest BCUT2D eigenvalue weighted by molar-refractivity contribution is -0.675. The van der Waals surface area contributed by atoms with Crippen LogP contribution in [0.4, 0.5) is 10.2 Å². The van der Waals surface area contributed by atoms with E-state index in [2.05, 4.69) is 9.97 Å². The molecular formula is C20H17FN5O2S+. The van der Waals surface area contributed by atoms with Gasteiger partial charge in [-0.05, 0) is 47.7 Å². The molecule has 146 valence electrons. The zero-order valence-corrected chi connectivity index (χ0v) is 16.1. The van der Waals surface area contributed by atoms with Crippen LogP contribution in [0.1, 0.15) is 5.56 Å². The van der Waals surface area contributed by atoms with Gasteiger partial charge in [0.1, 0.15) is 5.82 Å². The molecule has 7 nitrogen and oxygen atoms in total. The Balaban J connectivity index is 1.40. The van der Waals surface area contributed by atoms with Gasteiger partial charge in [0.15, 0.2) is 17.0 Å². The van der Waals surface area contributed by atoms with E-state index in [-0.39, 0.29) is 12.6 Å². The number of imidazole rings is 1. The maximum atomic E-state index is 13.1. The number of nitrogen functional groups attached to an aromatic ring is 1. The van der Waals surface area contributed by atoms with Crippen molar-refractivity contribution < 1.29 is 18.4 Å². The number of nitrogens with zero attached hydrogens (tertiary/aromatic N) is 3. The maximum Gasteiger partial charge on any atom is 0.294 e. The van der Waals surface area contributed by atoms with Gasteiger partial charge in [-0.1, -0.05) is 22.1 Å². The van der Waals surface area contributed by atoms with Crippen molar-refractivity contribution in [1.82, 2.24) is 15.0 Å². The molecule has 0 amide bonds. The van der Waals surface area contributed by atoms with Gasteiger partial charge in [-0.2, -0.15) is 0 Å². The Morgan fingerprint density at radius 2 is 1.97 bits per heavy atom. The molecule has 0 aliphatic carbocycles. The first-order valence-corrected chi connectivity index (χ1v) is 9.83. The number of hydrogen-bond donors (Lipinski definition) is 2. The van der Waals surface area contributed by atoms with Gasteiger partial charge >= 0.3 is 0 Å². The summed E-state index contributed by atoms with van der Waals surface area (Å²) in [5.74, 6) is 1.62. The average Bonchev–Trinajstić information content (AvgIpc) is 3.36. The minimum atomic E-state index is -0.240. The van der Waals surface area contributed by atoms with Crippen LogP contribution in [0, 0.1) is 5.82 Å². The largest absolute Gasteiger partial charge is 0.454 e. The number of aryl methyl sites for hydroxylation is 2. The second kappa shape index (κ2) is 7.25. The highest BCUT2D eigenvalue weighted by atomic mass is 32.2. The summed E-state index contributed by atoms with van der Waals surface area (Å²) in [5, 5.41) is 0.703. The van der Waals surface area contributed by atoms with Gasteiger partial charge in [0.05, 0.1) is 6.54 Å². The Hall–Kier alpha value is -3.33. The molecule has 29 heavy (non-hydrogen) atoms. The summed E-state index contributed by atoms with van der Waals surface area (Å²) in [6, 6.07) is 12.2. The van der Waals surface area contributed by atoms with Crippen molar-refractivity contribution in [3.63, 3.8) is 0 Å². The van der Waals surface area contributed by atoms with E-state index in [1.807, 2.05) is 22.8 Å². The summed E-state index contributed by atoms with van der Waals surface area (Å²) in [7, 11) is 0. The number of nitrogens with one attached hydrogen (secondary N) is 1. The number of ether oxygens (including phenoxy) is 2. The van der Waals surface area contributed by atoms with Crippen LogP contribution in [0.25, 0.3) is 11.2 Å². The molecule has 0 spiro atoms. The number of anilines is 1. The average molecular weight is 410 g/mol. The molecule has 5 rings (SSSR count). The van der Waals surface area contributed by atoms with Gasteiger partial charge in [0.25, 0.3) is 5.65 Å². The first kappa shape index (κ1) is 17.7. The number of H-pyrrole nitrogens is 1. The molecule has 4 aromatic rings. The summed E-state index contributed by atoms with van der Waals surface area (Å²) in [6.45, 7) is 0.888. The van der Waals surface area contributed by atoms with Gasteiger partial charge in [0.2, 0.25) is 24.1 Å². The van der Waals surface area contributed by atoms with Gasteiger partial charge < -0.3 is 20.2 Å². The third-order valence-electron chi connectivity index (χ3n) is 4.64. The lowest BCUT2D eigenvalue weighted by Gasteiger charge is -2.02. The fourth-order valence-electron chi connectivity index (χ4n) is 3.14. The monoisotopic (exact) mass is 410 g/mol. The number of rotatable bonds is 5. The van der Waals surface area contributed by atoms with Gasteiger partial charge in [0, 0.05) is 11.3 Å². The van der Waals surface area contributed by atoms with E-state index in [1.165, 1.54) is 23.9 Å². The van der Waals surface area contributed by atoms with E-state index in [9.17, 15) is 4.39 Å². The highest BCUT2D eigenvalue weighted by Gasteiger charge is 2.20. The van der Waals surface area contributed by atoms with E-state index in [4.69, 9.17) is 20.2 Å². The molecule has 2 aromatic heterocycles. The fourth-order valence-corrected chi connectivity index (χ4v) is 3.96. The number of benzene rings is 2. The van der Waals surface area contributed by atoms with Crippen LogP contribution in [0.5, 0.6) is 11.5 Å². The molecular weight excluding hydrogens is 393 g/mol. The zero-order chi connectivity index (χ0) is 19.8. The van der Waals surface area contributed by atoms with Crippen molar-refractivity contribution in [2.24, 2.45) is 0 Å². The smallest absolute Gasteiger partial charge is 0.294 e. The predicted octanol–water partition coefficient (Wildman–Crippen LogP) is 3.09. The SMILES string of the molecule is Nc1nc[n+](CCc2ccc(F)cc2)c2nc(Sc3ccc4c(c3)OCO4)[nH]c12. The van der Waals surface area contributed by atoms with Crippen molar-refractivity contribution in [2.45, 2.75) is 23.0 Å². The molecule has 0 saturated heterocycles. The van der Waals surface area contributed by atoms with E-state index in [0.29, 0.717) is 23.0 Å². The first-order chi connectivity index (χ1) is 14.2. The van der Waals surface area contributed by atoms with Crippen LogP contribution in [0.15, 0.2) is 58.8 Å². The van der Waals surface area contributed by atoms with Crippen LogP contribution in [-0.4, -0.2) is 21.7 Å². The number of aromatic nitrogens is 4. The third-order valence-corrected chi connectivity index (χ3v) is 5.52. The van der Waals surface area contributed by atoms with Crippen molar-refractivity contribution in [3.8, 4) is 11.5 Å². The molecule has 0 saturated carbocycles. The summed E-state index contributed by atoms with van der Waals surface area (Å²) < 4.78 is 25.8. The van der Waals surface area contributed by atoms with Crippen molar-refractivity contribution in [1.29, 1.82) is 0 Å². The molecule has 2 aromatic carbocycles. The highest BCUT2D eigenvalue weighted by Crippen LogP contribution is 2.37. The molecule has 9 heteroatoms. The Bertz CT molecular complexity index is 1200. The molecule has 0 radical (unpaired) electrons. The number of nitrogens with two attached hydrogens (primary N) is 1. The van der Waals surface area contributed by atoms with E-state index >= 15 is 0 Å². The molecule has 3 heterocycles. The summed E-state index contributed by atoms with van der Waals surface area (Å²) in [6.07, 6.45) is 2.40. The molecule has 0 unspecified atom stereocenters. The third kappa shape index (κ3) is 3.56. The molecule has 1 aliphatic rings. The van der Waals surface area contributed by atoms with E-state index in [1.54, 1.807) is 18.5 Å². The van der Waals surface area contributed by atoms with Crippen LogP contribution in [0.3, 0.4) is 0 Å². The topological polar surface area (TPSA) is 89.9 Å². The quantitative estimate of drug-likeness (QED) is 0.492. The van der Waals surface area contributed by atoms with Crippen molar-refractivity contribution in [3.05, 3.63) is 60.2 Å². The maximum absolute atomic E-state index is 13.1. The van der Waals surface area contributed by atoms with Gasteiger partial charge in [-0.25, -0.2) is 8.96 Å². The standard InChI is InChI=1S/C20H16FN5O2S/c21-13-3-1-12(2-4-13)7-8-26-10-23-18(22)17-19(26)25-20(24-17)29-14-5-6-15-16(9-14)28-11-27-15/h1-6,9-10H,7-8,11H2,(H2,22,24,25)/p+1. The number of fused-ring (bicyclic) bond motifs is 2. The predicted molar refractivity (Wildman–Crippen MR) is 105 cm³/mol. The van der Waals surface area contributed by atoms with Crippen LogP contribution < -0.4 is 19.8 Å². The second-order valence-electron chi connectivity index (χ2n) is 6.56. The molecule has 0 fully saturated rings. The van der Waals surface area contributed by atoms with Gasteiger partial charge in [-0.3, -0.25) is 0 Å². The van der Waals surface area contributed by atoms with Crippen LogP contribution in [-0.2, 0) is 13.0 Å². The van der Waals surface area contributed by atoms with Crippen molar-refractivity contribution in [2.75, 3.05) is 12.5 Å². The first-order valence-electron chi connectivity index (χ1n) is 9.01. The Morgan fingerprint density at radius 3 is 2.83 bits per heavy atom.